The van der Waals surface area contributed by atoms with E-state index in [-0.39, 0.29) is 0 Å². The third kappa shape index (κ3) is 2.95. The van der Waals surface area contributed by atoms with Gasteiger partial charge in [-0.3, -0.25) is 10.3 Å². The number of pyridine rings is 1. The number of nitrogens with two attached hydrogens (primary N) is 1. The van der Waals surface area contributed by atoms with Gasteiger partial charge in [0.05, 0.1) is 6.26 Å². The van der Waals surface area contributed by atoms with Crippen molar-refractivity contribution in [1.82, 2.24) is 10.5 Å². The van der Waals surface area contributed by atoms with Crippen LogP contribution in [0.5, 0.6) is 0 Å². The van der Waals surface area contributed by atoms with Gasteiger partial charge in [-0.1, -0.05) is 36.4 Å². The Morgan fingerprint density at radius 2 is 2.00 bits per heavy atom. The molecule has 0 saturated heterocycles. The highest BCUT2D eigenvalue weighted by Crippen LogP contribution is 2.37. The number of aromatic nitrogens is 1. The largest absolute Gasteiger partial charge is 0.469 e. The molecule has 0 aliphatic carbocycles. The van der Waals surface area contributed by atoms with E-state index in [4.69, 9.17) is 15.0 Å². The second-order valence-electron chi connectivity index (χ2n) is 6.18. The molecule has 2 aromatic heterocycles. The minimum atomic E-state index is -1.24. The quantitative estimate of drug-likeness (QED) is 0.731. The zero-order chi connectivity index (χ0) is 18.0. The van der Waals surface area contributed by atoms with Crippen LogP contribution in [0.1, 0.15) is 28.6 Å². The molecule has 6 heteroatoms. The summed E-state index contributed by atoms with van der Waals surface area (Å²) in [5, 5.41) is 0. The highest BCUT2D eigenvalue weighted by atomic mass is 19.1. The van der Waals surface area contributed by atoms with E-state index in [2.05, 4.69) is 10.5 Å². The van der Waals surface area contributed by atoms with Gasteiger partial charge in [-0.2, -0.15) is 0 Å². The highest BCUT2D eigenvalue weighted by Gasteiger charge is 2.38. The molecule has 0 saturated carbocycles. The molecule has 5 nitrogen and oxygen atoms in total. The predicted molar refractivity (Wildman–Crippen MR) is 95.5 cm³/mol. The molecule has 1 aromatic carbocycles. The summed E-state index contributed by atoms with van der Waals surface area (Å²) in [5.74, 6) is 0.968. The molecule has 0 amide bonds. The summed E-state index contributed by atoms with van der Waals surface area (Å²) in [6, 6.07) is 14.3. The standard InChI is InChI=1S/C20H18FN3O2/c21-18(14-5-2-1-3-6-14)15-11-16(25-13-15)12-20(8-10-24-26-20)17-7-4-9-23-19(17)22/h1-11,13,18,24H,12H2,(H2,22,23). The molecule has 1 aliphatic rings. The summed E-state index contributed by atoms with van der Waals surface area (Å²) in [7, 11) is 0. The van der Waals surface area contributed by atoms with E-state index in [0.717, 1.165) is 5.56 Å². The lowest BCUT2D eigenvalue weighted by atomic mass is 9.89. The van der Waals surface area contributed by atoms with Crippen molar-refractivity contribution in [3.63, 3.8) is 0 Å². The van der Waals surface area contributed by atoms with E-state index >= 15 is 0 Å². The van der Waals surface area contributed by atoms with Gasteiger partial charge >= 0.3 is 0 Å². The number of nitrogens with zero attached hydrogens (tertiary/aromatic N) is 1. The molecule has 4 rings (SSSR count). The molecule has 0 radical (unpaired) electrons. The van der Waals surface area contributed by atoms with E-state index in [1.54, 1.807) is 36.7 Å². The summed E-state index contributed by atoms with van der Waals surface area (Å²) in [6.07, 6.45) is 5.72. The van der Waals surface area contributed by atoms with Gasteiger partial charge in [0.15, 0.2) is 11.8 Å². The lowest BCUT2D eigenvalue weighted by Crippen LogP contribution is -2.30. The number of nitrogen functional groups attached to an aromatic ring is 1. The molecular formula is C20H18FN3O2. The Morgan fingerprint density at radius 3 is 2.73 bits per heavy atom. The van der Waals surface area contributed by atoms with E-state index < -0.39 is 11.8 Å². The first-order valence-corrected chi connectivity index (χ1v) is 8.26. The number of halogens is 1. The van der Waals surface area contributed by atoms with Crippen LogP contribution in [-0.2, 0) is 16.9 Å². The Balaban J connectivity index is 1.62. The smallest absolute Gasteiger partial charge is 0.153 e. The lowest BCUT2D eigenvalue weighted by molar-refractivity contribution is -0.0431. The fourth-order valence-electron chi connectivity index (χ4n) is 3.15. The van der Waals surface area contributed by atoms with Crippen LogP contribution < -0.4 is 11.2 Å². The molecule has 0 fully saturated rings. The molecule has 132 valence electrons. The third-order valence-electron chi connectivity index (χ3n) is 4.45. The van der Waals surface area contributed by atoms with Gasteiger partial charge in [-0.05, 0) is 23.8 Å². The number of alkyl halides is 1. The molecule has 3 heterocycles. The van der Waals surface area contributed by atoms with E-state index in [9.17, 15) is 4.39 Å². The second-order valence-corrected chi connectivity index (χ2v) is 6.18. The van der Waals surface area contributed by atoms with E-state index in [0.29, 0.717) is 29.1 Å². The maximum atomic E-state index is 14.7. The predicted octanol–water partition coefficient (Wildman–Crippen LogP) is 3.80. The van der Waals surface area contributed by atoms with Crippen molar-refractivity contribution in [2.75, 3.05) is 5.73 Å². The Morgan fingerprint density at radius 1 is 1.15 bits per heavy atom. The van der Waals surface area contributed by atoms with Gasteiger partial charge in [0.1, 0.15) is 11.6 Å². The molecule has 2 unspecified atom stereocenters. The maximum Gasteiger partial charge on any atom is 0.153 e. The van der Waals surface area contributed by atoms with Crippen LogP contribution in [0.15, 0.2) is 77.7 Å². The van der Waals surface area contributed by atoms with Crippen LogP contribution in [-0.4, -0.2) is 4.98 Å². The van der Waals surface area contributed by atoms with E-state index in [1.165, 1.54) is 6.26 Å². The molecule has 1 aliphatic heterocycles. The summed E-state index contributed by atoms with van der Waals surface area (Å²) < 4.78 is 20.3. The van der Waals surface area contributed by atoms with Crippen molar-refractivity contribution in [2.45, 2.75) is 18.2 Å². The fourth-order valence-corrected chi connectivity index (χ4v) is 3.15. The molecule has 0 bridgehead atoms. The Hall–Kier alpha value is -3.12. The van der Waals surface area contributed by atoms with Crippen LogP contribution in [0.4, 0.5) is 10.2 Å². The number of hydroxylamine groups is 1. The van der Waals surface area contributed by atoms with Gasteiger partial charge in [0.25, 0.3) is 0 Å². The first kappa shape index (κ1) is 16.4. The molecule has 0 spiro atoms. The third-order valence-corrected chi connectivity index (χ3v) is 4.45. The summed E-state index contributed by atoms with van der Waals surface area (Å²) in [4.78, 5) is 9.86. The zero-order valence-corrected chi connectivity index (χ0v) is 13.9. The fraction of sp³-hybridized carbons (Fsp3) is 0.150. The average molecular weight is 351 g/mol. The number of furan rings is 1. The van der Waals surface area contributed by atoms with Crippen LogP contribution in [0.2, 0.25) is 0 Å². The Bertz CT molecular complexity index is 926. The van der Waals surface area contributed by atoms with Gasteiger partial charge in [-0.25, -0.2) is 9.37 Å². The van der Waals surface area contributed by atoms with Crippen LogP contribution in [0.3, 0.4) is 0 Å². The molecule has 2 atom stereocenters. The van der Waals surface area contributed by atoms with Gasteiger partial charge in [0, 0.05) is 29.9 Å². The Labute approximate surface area is 150 Å². The zero-order valence-electron chi connectivity index (χ0n) is 13.9. The first-order chi connectivity index (χ1) is 12.7. The van der Waals surface area contributed by atoms with Crippen LogP contribution in [0, 0.1) is 0 Å². The number of benzene rings is 1. The molecule has 3 aromatic rings. The number of hydrogen-bond donors (Lipinski definition) is 2. The monoisotopic (exact) mass is 351 g/mol. The van der Waals surface area contributed by atoms with Crippen molar-refractivity contribution in [3.05, 3.63) is 95.7 Å². The van der Waals surface area contributed by atoms with Crippen molar-refractivity contribution in [3.8, 4) is 0 Å². The highest BCUT2D eigenvalue weighted by molar-refractivity contribution is 5.46. The number of hydrogen-bond acceptors (Lipinski definition) is 5. The van der Waals surface area contributed by atoms with Crippen molar-refractivity contribution in [2.24, 2.45) is 0 Å². The van der Waals surface area contributed by atoms with Gasteiger partial charge < -0.3 is 10.2 Å². The van der Waals surface area contributed by atoms with Crippen molar-refractivity contribution < 1.29 is 13.6 Å². The van der Waals surface area contributed by atoms with E-state index in [1.807, 2.05) is 30.3 Å². The topological polar surface area (TPSA) is 73.3 Å². The summed E-state index contributed by atoms with van der Waals surface area (Å²) in [5.41, 5.74) is 9.68. The molecular weight excluding hydrogens is 333 g/mol. The minimum absolute atomic E-state index is 0.355. The van der Waals surface area contributed by atoms with Crippen LogP contribution >= 0.6 is 0 Å². The number of anilines is 1. The normalized spacial score (nSPS) is 20.0. The maximum absolute atomic E-state index is 14.7. The molecule has 3 N–H and O–H groups in total. The van der Waals surface area contributed by atoms with Crippen molar-refractivity contribution in [1.29, 1.82) is 0 Å². The second kappa shape index (κ2) is 6.65. The minimum Gasteiger partial charge on any atom is -0.469 e. The SMILES string of the molecule is Nc1ncccc1C1(Cc2cc(C(F)c3ccccc3)co2)C=CNO1. The van der Waals surface area contributed by atoms with Crippen LogP contribution in [0.25, 0.3) is 0 Å². The van der Waals surface area contributed by atoms with Crippen molar-refractivity contribution >= 4 is 5.82 Å². The summed E-state index contributed by atoms with van der Waals surface area (Å²) in [6.45, 7) is 0. The molecule has 26 heavy (non-hydrogen) atoms. The average Bonchev–Trinajstić information content (AvgIpc) is 3.33. The number of nitrogens with one attached hydrogen (secondary N) is 1. The van der Waals surface area contributed by atoms with Gasteiger partial charge in [-0.15, -0.1) is 0 Å². The first-order valence-electron chi connectivity index (χ1n) is 8.26. The lowest BCUT2D eigenvalue weighted by Gasteiger charge is -2.26. The number of rotatable bonds is 5. The summed E-state index contributed by atoms with van der Waals surface area (Å²) >= 11 is 0. The Kier molecular flexibility index (Phi) is 4.18. The van der Waals surface area contributed by atoms with Gasteiger partial charge in [0.2, 0.25) is 0 Å².